The predicted molar refractivity (Wildman–Crippen MR) is 127 cm³/mol. The van der Waals surface area contributed by atoms with Gasteiger partial charge >= 0.3 is 22.8 Å². The van der Waals surface area contributed by atoms with Crippen molar-refractivity contribution in [2.24, 2.45) is 0 Å². The Morgan fingerprint density at radius 3 is 2.12 bits per heavy atom. The molecule has 3 heterocycles. The van der Waals surface area contributed by atoms with E-state index in [1.54, 1.807) is 0 Å². The van der Waals surface area contributed by atoms with E-state index in [4.69, 9.17) is 23.4 Å². The number of hydrogen-bond donors (Lipinski definition) is 2. The summed E-state index contributed by atoms with van der Waals surface area (Å²) in [5.41, 5.74) is 5.72. The van der Waals surface area contributed by atoms with Crippen molar-refractivity contribution in [3.8, 4) is 0 Å². The van der Waals surface area contributed by atoms with E-state index in [-0.39, 0.29) is 34.6 Å². The van der Waals surface area contributed by atoms with Crippen molar-refractivity contribution in [1.29, 1.82) is 0 Å². The van der Waals surface area contributed by atoms with Gasteiger partial charge in [0.05, 0.1) is 6.61 Å². The van der Waals surface area contributed by atoms with Crippen molar-refractivity contribution in [2.75, 3.05) is 12.3 Å². The normalized spacial score (nSPS) is 30.0. The van der Waals surface area contributed by atoms with Crippen LogP contribution in [0, 0.1) is 0 Å². The molecule has 2 aliphatic heterocycles. The fourth-order valence-corrected chi connectivity index (χ4v) is 16.2. The van der Waals surface area contributed by atoms with E-state index in [1.165, 1.54) is 16.8 Å². The molecular formula is C21H39N3O6Si2. The molecule has 182 valence electrons. The molecule has 32 heavy (non-hydrogen) atoms. The average Bonchev–Trinajstić information content (AvgIpc) is 2.96. The highest BCUT2D eigenvalue weighted by molar-refractivity contribution is 6.83. The zero-order chi connectivity index (χ0) is 24.0. The van der Waals surface area contributed by atoms with Gasteiger partial charge in [0, 0.05) is 6.20 Å². The molecule has 0 unspecified atom stereocenters. The Morgan fingerprint density at radius 1 is 1.06 bits per heavy atom. The Morgan fingerprint density at radius 2 is 1.62 bits per heavy atom. The Bertz CT molecular complexity index is 846. The number of ether oxygens (including phenoxy) is 1. The van der Waals surface area contributed by atoms with E-state index < -0.39 is 47.4 Å². The standard InChI is InChI=1S/C21H39N3O6Si2/c1-12(2)31(13(3)4)27-11-16-19(29-32(30-31,14(5)6)15(7)8)18(25)20(28-16)24-10-9-17(22)23-21(24)26/h9-10,12-16,18-20,25H,11H2,1-8H3,(H2,22,23,26)/t16-,18-,19-,20+/m1/s1. The van der Waals surface area contributed by atoms with E-state index in [0.29, 0.717) is 0 Å². The molecule has 0 radical (unpaired) electrons. The van der Waals surface area contributed by atoms with Crippen LogP contribution in [0.15, 0.2) is 17.1 Å². The van der Waals surface area contributed by atoms with Gasteiger partial charge in [-0.25, -0.2) is 4.79 Å². The lowest BCUT2D eigenvalue weighted by Gasteiger charge is -2.51. The fraction of sp³-hybridized carbons (Fsp3) is 0.810. The fourth-order valence-electron chi connectivity index (χ4n) is 4.99. The summed E-state index contributed by atoms with van der Waals surface area (Å²) < 4.78 is 28.1. The van der Waals surface area contributed by atoms with Crippen molar-refractivity contribution in [3.05, 3.63) is 22.7 Å². The number of nitrogens with zero attached hydrogens (tertiary/aromatic N) is 2. The first-order chi connectivity index (χ1) is 14.9. The molecule has 2 saturated heterocycles. The Balaban J connectivity index is 2.07. The minimum atomic E-state index is -2.89. The van der Waals surface area contributed by atoms with E-state index in [2.05, 4.69) is 60.4 Å². The summed E-state index contributed by atoms with van der Waals surface area (Å²) in [4.78, 5) is 16.2. The summed E-state index contributed by atoms with van der Waals surface area (Å²) in [5, 5.41) is 11.2. The predicted octanol–water partition coefficient (Wildman–Crippen LogP) is 3.04. The topological polar surface area (TPSA) is 118 Å². The lowest BCUT2D eigenvalue weighted by molar-refractivity contribution is -0.0600. The van der Waals surface area contributed by atoms with Gasteiger partial charge in [-0.15, -0.1) is 0 Å². The van der Waals surface area contributed by atoms with E-state index in [1.807, 2.05) is 0 Å². The maximum absolute atomic E-state index is 12.4. The number of aromatic nitrogens is 2. The number of anilines is 1. The van der Waals surface area contributed by atoms with Crippen LogP contribution in [0.4, 0.5) is 5.82 Å². The monoisotopic (exact) mass is 485 g/mol. The van der Waals surface area contributed by atoms with Gasteiger partial charge in [-0.3, -0.25) is 4.57 Å². The first kappa shape index (κ1) is 25.5. The highest BCUT2D eigenvalue weighted by atomic mass is 28.5. The lowest BCUT2D eigenvalue weighted by Crippen LogP contribution is -2.65. The minimum Gasteiger partial charge on any atom is -0.414 e. The molecule has 2 fully saturated rings. The number of nitrogen functional groups attached to an aromatic ring is 1. The maximum Gasteiger partial charge on any atom is 0.351 e. The van der Waals surface area contributed by atoms with Crippen molar-refractivity contribution in [3.63, 3.8) is 0 Å². The third kappa shape index (κ3) is 4.24. The van der Waals surface area contributed by atoms with Crippen molar-refractivity contribution < 1.29 is 22.8 Å². The second-order valence-electron chi connectivity index (χ2n) is 10.2. The van der Waals surface area contributed by atoms with E-state index in [0.717, 1.165) is 0 Å². The second-order valence-corrected chi connectivity index (χ2v) is 19.0. The SMILES string of the molecule is CC(C)[Si]1(C(C)C)OC[C@H]2O[C@H](n3ccc(N)nc3=O)[C@H](O)[C@@H]2O[Si](C(C)C)(C(C)C)O1. The lowest BCUT2D eigenvalue weighted by atomic mass is 10.1. The molecule has 0 saturated carbocycles. The number of fused-ring (bicyclic) bond motifs is 1. The van der Waals surface area contributed by atoms with Gasteiger partial charge in [0.1, 0.15) is 24.1 Å². The van der Waals surface area contributed by atoms with Crippen molar-refractivity contribution in [1.82, 2.24) is 9.55 Å². The molecule has 1 aromatic heterocycles. The summed E-state index contributed by atoms with van der Waals surface area (Å²) in [6.45, 7) is 17.3. The number of aliphatic hydroxyl groups is 1. The highest BCUT2D eigenvalue weighted by Crippen LogP contribution is 2.48. The minimum absolute atomic E-state index is 0.119. The molecule has 3 rings (SSSR count). The van der Waals surface area contributed by atoms with Crippen LogP contribution >= 0.6 is 0 Å². The summed E-state index contributed by atoms with van der Waals surface area (Å²) in [5.74, 6) is 0.119. The number of rotatable bonds is 5. The van der Waals surface area contributed by atoms with Crippen molar-refractivity contribution >= 4 is 22.9 Å². The highest BCUT2D eigenvalue weighted by Gasteiger charge is 2.61. The van der Waals surface area contributed by atoms with Gasteiger partial charge < -0.3 is 28.5 Å². The number of aliphatic hydroxyl groups excluding tert-OH is 1. The zero-order valence-corrected chi connectivity index (χ0v) is 22.4. The second kappa shape index (κ2) is 9.28. The third-order valence-corrected chi connectivity index (χ3v) is 17.0. The molecule has 0 aliphatic carbocycles. The molecule has 0 spiro atoms. The van der Waals surface area contributed by atoms with Gasteiger partial charge in [0.15, 0.2) is 6.23 Å². The Labute approximate surface area is 192 Å². The van der Waals surface area contributed by atoms with E-state index >= 15 is 0 Å². The van der Waals surface area contributed by atoms with Crippen LogP contribution in [0.25, 0.3) is 0 Å². The van der Waals surface area contributed by atoms with E-state index in [9.17, 15) is 9.90 Å². The van der Waals surface area contributed by atoms with Gasteiger partial charge in [0.25, 0.3) is 0 Å². The van der Waals surface area contributed by atoms with Gasteiger partial charge in [0.2, 0.25) is 0 Å². The van der Waals surface area contributed by atoms with Crippen LogP contribution in [0.3, 0.4) is 0 Å². The summed E-state index contributed by atoms with van der Waals surface area (Å²) in [6, 6.07) is 1.51. The summed E-state index contributed by atoms with van der Waals surface area (Å²) in [6.07, 6.45) is -1.73. The molecule has 0 amide bonds. The van der Waals surface area contributed by atoms with Crippen LogP contribution in [-0.2, 0) is 17.7 Å². The molecular weight excluding hydrogens is 446 g/mol. The maximum atomic E-state index is 12.4. The molecule has 2 aliphatic rings. The van der Waals surface area contributed by atoms with Gasteiger partial charge in [-0.05, 0) is 28.2 Å². The molecule has 0 aromatic carbocycles. The molecule has 11 heteroatoms. The molecule has 1 aromatic rings. The summed E-state index contributed by atoms with van der Waals surface area (Å²) >= 11 is 0. The average molecular weight is 486 g/mol. The van der Waals surface area contributed by atoms with Crippen LogP contribution in [0.5, 0.6) is 0 Å². The van der Waals surface area contributed by atoms with Gasteiger partial charge in [-0.2, -0.15) is 4.98 Å². The summed E-state index contributed by atoms with van der Waals surface area (Å²) in [7, 11) is -5.59. The zero-order valence-electron chi connectivity index (χ0n) is 20.4. The molecule has 4 atom stereocenters. The largest absolute Gasteiger partial charge is 0.414 e. The third-order valence-electron chi connectivity index (χ3n) is 6.77. The van der Waals surface area contributed by atoms with Crippen LogP contribution in [0.2, 0.25) is 22.2 Å². The smallest absolute Gasteiger partial charge is 0.351 e. The first-order valence-corrected chi connectivity index (χ1v) is 15.5. The number of hydrogen-bond acceptors (Lipinski definition) is 8. The Hall–Kier alpha value is -1.09. The van der Waals surface area contributed by atoms with Crippen LogP contribution in [-0.4, -0.2) is 56.7 Å². The van der Waals surface area contributed by atoms with Crippen LogP contribution < -0.4 is 11.4 Å². The Kier molecular flexibility index (Phi) is 7.40. The molecule has 3 N–H and O–H groups in total. The first-order valence-electron chi connectivity index (χ1n) is 11.6. The quantitative estimate of drug-likeness (QED) is 0.611. The molecule has 9 nitrogen and oxygen atoms in total. The number of nitrogens with two attached hydrogens (primary N) is 1. The van der Waals surface area contributed by atoms with Crippen LogP contribution in [0.1, 0.15) is 61.6 Å². The molecule has 0 bridgehead atoms. The van der Waals surface area contributed by atoms with Crippen molar-refractivity contribution in [2.45, 2.75) is 102 Å². The van der Waals surface area contributed by atoms with Gasteiger partial charge in [-0.1, -0.05) is 55.4 Å².